The number of nitrogens with zero attached hydrogens (tertiary/aromatic N) is 1. The minimum absolute atomic E-state index is 0.144. The molecule has 0 saturated carbocycles. The number of hydrogen-bond donors (Lipinski definition) is 3. The lowest BCUT2D eigenvalue weighted by atomic mass is 10.0. The predicted molar refractivity (Wildman–Crippen MR) is 102 cm³/mol. The van der Waals surface area contributed by atoms with E-state index in [1.165, 1.54) is 0 Å². The van der Waals surface area contributed by atoms with Gasteiger partial charge in [0.25, 0.3) is 5.91 Å². The van der Waals surface area contributed by atoms with E-state index in [-0.39, 0.29) is 29.5 Å². The Bertz CT molecular complexity index is 898. The molecule has 28 heavy (non-hydrogen) atoms. The normalized spacial score (nSPS) is 23.9. The molecule has 0 aromatic heterocycles. The summed E-state index contributed by atoms with van der Waals surface area (Å²) in [6.45, 7) is 0.321. The summed E-state index contributed by atoms with van der Waals surface area (Å²) in [6.07, 6.45) is 0.761. The van der Waals surface area contributed by atoms with E-state index in [1.807, 2.05) is 6.07 Å². The number of fused-ring (bicyclic) bond motifs is 1. The van der Waals surface area contributed by atoms with Gasteiger partial charge in [-0.2, -0.15) is 0 Å². The molecule has 4 rings (SSSR count). The van der Waals surface area contributed by atoms with Crippen molar-refractivity contribution in [3.05, 3.63) is 65.7 Å². The zero-order chi connectivity index (χ0) is 19.7. The van der Waals surface area contributed by atoms with Crippen molar-refractivity contribution in [2.45, 2.75) is 31.0 Å². The van der Waals surface area contributed by atoms with Crippen molar-refractivity contribution in [3.63, 3.8) is 0 Å². The van der Waals surface area contributed by atoms with Crippen LogP contribution in [0.2, 0.25) is 0 Å². The summed E-state index contributed by atoms with van der Waals surface area (Å²) in [6, 6.07) is 14.0. The lowest BCUT2D eigenvalue weighted by Gasteiger charge is -2.34. The smallest absolute Gasteiger partial charge is 0.251 e. The number of amides is 3. The fraction of sp³-hybridized carbons (Fsp3) is 0.286. The zero-order valence-electron chi connectivity index (χ0n) is 15.2. The van der Waals surface area contributed by atoms with E-state index in [0.717, 1.165) is 5.56 Å². The number of carbonyl (C=O) groups is 3. The van der Waals surface area contributed by atoms with E-state index in [2.05, 4.69) is 10.6 Å². The molecule has 2 aromatic rings. The van der Waals surface area contributed by atoms with Crippen LogP contribution < -0.4 is 10.6 Å². The highest BCUT2D eigenvalue weighted by molar-refractivity contribution is 5.98. The van der Waals surface area contributed by atoms with Crippen LogP contribution >= 0.6 is 0 Å². The number of phenolic OH excluding ortho intramolecular Hbond substituents is 1. The molecule has 2 heterocycles. The van der Waals surface area contributed by atoms with Crippen LogP contribution in [0, 0.1) is 0 Å². The predicted octanol–water partition coefficient (Wildman–Crippen LogP) is 0.833. The molecule has 144 valence electrons. The van der Waals surface area contributed by atoms with Crippen LogP contribution in [0.5, 0.6) is 5.75 Å². The molecule has 2 fully saturated rings. The molecule has 0 aliphatic carbocycles. The number of carbonyl (C=O) groups excluding carboxylic acids is 3. The summed E-state index contributed by atoms with van der Waals surface area (Å²) in [4.78, 5) is 39.3. The summed E-state index contributed by atoms with van der Waals surface area (Å²) in [7, 11) is 0. The van der Waals surface area contributed by atoms with Crippen LogP contribution in [-0.2, 0) is 16.0 Å². The molecule has 7 nitrogen and oxygen atoms in total. The van der Waals surface area contributed by atoms with Gasteiger partial charge in [0.15, 0.2) is 0 Å². The lowest BCUT2D eigenvalue weighted by Crippen LogP contribution is -2.61. The van der Waals surface area contributed by atoms with Gasteiger partial charge in [-0.15, -0.1) is 0 Å². The second-order valence-electron chi connectivity index (χ2n) is 7.21. The minimum Gasteiger partial charge on any atom is -0.508 e. The standard InChI is InChI=1S/C21H21N3O4/c25-16-8-6-13(7-9-16)10-17-21(28)24-12-15(11-18(24)20(27)23-17)22-19(26)14-4-2-1-3-5-14/h1-9,15,17-18,25H,10-12H2,(H,22,26)(H,23,27)/t15-,17+,18-/m0/s1. The molecular weight excluding hydrogens is 358 g/mol. The molecule has 0 spiro atoms. The summed E-state index contributed by atoms with van der Waals surface area (Å²) >= 11 is 0. The first kappa shape index (κ1) is 18.0. The van der Waals surface area contributed by atoms with Crippen molar-refractivity contribution in [2.24, 2.45) is 0 Å². The maximum atomic E-state index is 12.9. The van der Waals surface area contributed by atoms with E-state index in [9.17, 15) is 19.5 Å². The second-order valence-corrected chi connectivity index (χ2v) is 7.21. The third-order valence-electron chi connectivity index (χ3n) is 5.25. The maximum absolute atomic E-state index is 12.9. The third-order valence-corrected chi connectivity index (χ3v) is 5.25. The first-order chi connectivity index (χ1) is 13.5. The third kappa shape index (κ3) is 3.55. The Kier molecular flexibility index (Phi) is 4.73. The van der Waals surface area contributed by atoms with E-state index < -0.39 is 12.1 Å². The van der Waals surface area contributed by atoms with Gasteiger partial charge in [0, 0.05) is 24.6 Å². The van der Waals surface area contributed by atoms with Crippen molar-refractivity contribution >= 4 is 17.7 Å². The van der Waals surface area contributed by atoms with Gasteiger partial charge in [-0.3, -0.25) is 14.4 Å². The van der Waals surface area contributed by atoms with Crippen molar-refractivity contribution < 1.29 is 19.5 Å². The first-order valence-electron chi connectivity index (χ1n) is 9.26. The number of aromatic hydroxyl groups is 1. The number of phenols is 1. The maximum Gasteiger partial charge on any atom is 0.251 e. The number of nitrogens with one attached hydrogen (secondary N) is 2. The Morgan fingerprint density at radius 2 is 1.82 bits per heavy atom. The molecule has 2 aromatic carbocycles. The molecule has 0 unspecified atom stereocenters. The van der Waals surface area contributed by atoms with Gasteiger partial charge in [-0.25, -0.2) is 0 Å². The van der Waals surface area contributed by atoms with Gasteiger partial charge < -0.3 is 20.6 Å². The zero-order valence-corrected chi connectivity index (χ0v) is 15.2. The number of hydrogen-bond acceptors (Lipinski definition) is 4. The highest BCUT2D eigenvalue weighted by Crippen LogP contribution is 2.24. The summed E-state index contributed by atoms with van der Waals surface area (Å²) in [5.41, 5.74) is 1.40. The second kappa shape index (κ2) is 7.34. The van der Waals surface area contributed by atoms with Crippen LogP contribution in [0.3, 0.4) is 0 Å². The molecule has 7 heteroatoms. The topological polar surface area (TPSA) is 98.7 Å². The molecule has 2 aliphatic rings. The Hall–Kier alpha value is -3.35. The van der Waals surface area contributed by atoms with Crippen molar-refractivity contribution in [1.82, 2.24) is 15.5 Å². The average Bonchev–Trinajstić information content (AvgIpc) is 3.13. The molecule has 3 N–H and O–H groups in total. The highest BCUT2D eigenvalue weighted by Gasteiger charge is 2.46. The average molecular weight is 379 g/mol. The highest BCUT2D eigenvalue weighted by atomic mass is 16.3. The van der Waals surface area contributed by atoms with E-state index >= 15 is 0 Å². The lowest BCUT2D eigenvalue weighted by molar-refractivity contribution is -0.147. The van der Waals surface area contributed by atoms with Gasteiger partial charge >= 0.3 is 0 Å². The Morgan fingerprint density at radius 1 is 1.11 bits per heavy atom. The molecule has 3 amide bonds. The van der Waals surface area contributed by atoms with Gasteiger partial charge in [0.05, 0.1) is 0 Å². The van der Waals surface area contributed by atoms with Crippen LogP contribution in [0.25, 0.3) is 0 Å². The van der Waals surface area contributed by atoms with Crippen molar-refractivity contribution in [1.29, 1.82) is 0 Å². The summed E-state index contributed by atoms with van der Waals surface area (Å²) < 4.78 is 0. The van der Waals surface area contributed by atoms with E-state index in [0.29, 0.717) is 24.9 Å². The number of rotatable bonds is 4. The SMILES string of the molecule is O=C(N[C@H]1C[C@H]2C(=O)N[C@H](Cc3ccc(O)cc3)C(=O)N2C1)c1ccccc1. The largest absolute Gasteiger partial charge is 0.508 e. The summed E-state index contributed by atoms with van der Waals surface area (Å²) in [5.74, 6) is -0.396. The quantitative estimate of drug-likeness (QED) is 0.733. The van der Waals surface area contributed by atoms with Crippen LogP contribution in [0.15, 0.2) is 54.6 Å². The van der Waals surface area contributed by atoms with Gasteiger partial charge in [0.1, 0.15) is 17.8 Å². The Labute approximate surface area is 162 Å². The molecular formula is C21H21N3O4. The van der Waals surface area contributed by atoms with E-state index in [4.69, 9.17) is 0 Å². The molecule has 2 saturated heterocycles. The summed E-state index contributed by atoms with van der Waals surface area (Å²) in [5, 5.41) is 15.1. The van der Waals surface area contributed by atoms with Gasteiger partial charge in [-0.1, -0.05) is 30.3 Å². The number of benzene rings is 2. The molecule has 0 bridgehead atoms. The van der Waals surface area contributed by atoms with Crippen molar-refractivity contribution in [3.8, 4) is 5.75 Å². The van der Waals surface area contributed by atoms with Gasteiger partial charge in [-0.05, 0) is 36.2 Å². The molecule has 0 radical (unpaired) electrons. The Balaban J connectivity index is 1.42. The van der Waals surface area contributed by atoms with Crippen molar-refractivity contribution in [2.75, 3.05) is 6.54 Å². The number of piperazine rings is 1. The van der Waals surface area contributed by atoms with Crippen LogP contribution in [-0.4, -0.2) is 52.4 Å². The van der Waals surface area contributed by atoms with Crippen LogP contribution in [0.4, 0.5) is 0 Å². The minimum atomic E-state index is -0.642. The fourth-order valence-corrected chi connectivity index (χ4v) is 3.83. The van der Waals surface area contributed by atoms with Crippen LogP contribution in [0.1, 0.15) is 22.3 Å². The first-order valence-corrected chi connectivity index (χ1v) is 9.26. The molecule has 2 aliphatic heterocycles. The fourth-order valence-electron chi connectivity index (χ4n) is 3.83. The van der Waals surface area contributed by atoms with Gasteiger partial charge in [0.2, 0.25) is 11.8 Å². The Morgan fingerprint density at radius 3 is 2.54 bits per heavy atom. The van der Waals surface area contributed by atoms with E-state index in [1.54, 1.807) is 53.4 Å². The monoisotopic (exact) mass is 379 g/mol. The molecule has 3 atom stereocenters.